The van der Waals surface area contributed by atoms with E-state index in [1.807, 2.05) is 18.2 Å². The Hall–Kier alpha value is -2.17. The molecule has 0 atom stereocenters. The number of benzene rings is 1. The largest absolute Gasteiger partial charge is 0.466 e. The maximum absolute atomic E-state index is 11.9. The van der Waals surface area contributed by atoms with Gasteiger partial charge in [0.15, 0.2) is 11.5 Å². The molecule has 5 nitrogen and oxygen atoms in total. The van der Waals surface area contributed by atoms with Crippen molar-refractivity contribution in [1.82, 2.24) is 5.32 Å². The first-order valence-electron chi connectivity index (χ1n) is 7.70. The van der Waals surface area contributed by atoms with Crippen molar-refractivity contribution in [1.29, 1.82) is 0 Å². The molecule has 22 heavy (non-hydrogen) atoms. The molecule has 1 aliphatic heterocycles. The Balaban J connectivity index is 1.72. The van der Waals surface area contributed by atoms with Gasteiger partial charge in [-0.25, -0.2) is 4.79 Å². The first-order chi connectivity index (χ1) is 10.8. The van der Waals surface area contributed by atoms with Crippen molar-refractivity contribution in [2.24, 2.45) is 0 Å². The Kier molecular flexibility index (Phi) is 4.51. The quantitative estimate of drug-likeness (QED) is 0.867. The first-order valence-corrected chi connectivity index (χ1v) is 7.70. The molecule has 1 aromatic rings. The number of allylic oxidation sites excluding steroid dienone is 1. The zero-order valence-corrected chi connectivity index (χ0v) is 12.8. The van der Waals surface area contributed by atoms with Gasteiger partial charge in [0.1, 0.15) is 0 Å². The minimum Gasteiger partial charge on any atom is -0.466 e. The molecule has 0 fully saturated rings. The van der Waals surface area contributed by atoms with Crippen LogP contribution in [-0.2, 0) is 16.1 Å². The predicted molar refractivity (Wildman–Crippen MR) is 81.5 cm³/mol. The highest BCUT2D eigenvalue weighted by atomic mass is 16.7. The first kappa shape index (κ1) is 14.8. The van der Waals surface area contributed by atoms with Crippen LogP contribution in [0, 0.1) is 0 Å². The number of rotatable bonds is 4. The van der Waals surface area contributed by atoms with Gasteiger partial charge in [0.25, 0.3) is 0 Å². The van der Waals surface area contributed by atoms with Crippen LogP contribution in [0.4, 0.5) is 0 Å². The molecule has 2 aliphatic rings. The summed E-state index contributed by atoms with van der Waals surface area (Å²) in [6.07, 6.45) is 4.98. The molecule has 118 valence electrons. The Morgan fingerprint density at radius 2 is 2.00 bits per heavy atom. The average molecular weight is 303 g/mol. The number of ether oxygens (including phenoxy) is 3. The lowest BCUT2D eigenvalue weighted by atomic mass is 10.1. The Morgan fingerprint density at radius 1 is 1.18 bits per heavy atom. The van der Waals surface area contributed by atoms with Crippen molar-refractivity contribution < 1.29 is 19.0 Å². The van der Waals surface area contributed by atoms with Crippen molar-refractivity contribution in [2.75, 3.05) is 13.9 Å². The maximum Gasteiger partial charge on any atom is 0.335 e. The Bertz CT molecular complexity index is 594. The molecule has 0 radical (unpaired) electrons. The lowest BCUT2D eigenvalue weighted by molar-refractivity contribution is -0.136. The standard InChI is InChI=1S/C17H21NO4/c1-20-17(19)13-5-3-2-4-6-14(13)18-10-12-7-8-15-16(9-12)22-11-21-15/h7-9,18H,2-6,10-11H2,1H3. The fraction of sp³-hybridized carbons (Fsp3) is 0.471. The van der Waals surface area contributed by atoms with Gasteiger partial charge in [-0.05, 0) is 43.4 Å². The second-order valence-corrected chi connectivity index (χ2v) is 5.55. The SMILES string of the molecule is COC(=O)C1=C(NCc2ccc3c(c2)OCO3)CCCCC1. The molecule has 0 saturated carbocycles. The van der Waals surface area contributed by atoms with Crippen LogP contribution in [0.3, 0.4) is 0 Å². The van der Waals surface area contributed by atoms with E-state index < -0.39 is 0 Å². The molecular formula is C17H21NO4. The minimum absolute atomic E-state index is 0.213. The van der Waals surface area contributed by atoms with Gasteiger partial charge in [-0.1, -0.05) is 12.5 Å². The van der Waals surface area contributed by atoms with Crippen LogP contribution in [0.5, 0.6) is 11.5 Å². The monoisotopic (exact) mass is 303 g/mol. The van der Waals surface area contributed by atoms with Crippen molar-refractivity contribution in [3.8, 4) is 11.5 Å². The molecular weight excluding hydrogens is 282 g/mol. The number of hydrogen-bond donors (Lipinski definition) is 1. The van der Waals surface area contributed by atoms with E-state index in [1.165, 1.54) is 7.11 Å². The average Bonchev–Trinajstić information content (AvgIpc) is 2.88. The highest BCUT2D eigenvalue weighted by molar-refractivity contribution is 5.89. The molecule has 1 heterocycles. The predicted octanol–water partition coefficient (Wildman–Crippen LogP) is 2.90. The molecule has 0 bridgehead atoms. The minimum atomic E-state index is -0.213. The van der Waals surface area contributed by atoms with Crippen LogP contribution in [-0.4, -0.2) is 19.9 Å². The summed E-state index contributed by atoms with van der Waals surface area (Å²) >= 11 is 0. The van der Waals surface area contributed by atoms with Crippen molar-refractivity contribution >= 4 is 5.97 Å². The molecule has 0 unspecified atom stereocenters. The Labute approximate surface area is 130 Å². The molecule has 0 aromatic heterocycles. The third-order valence-electron chi connectivity index (χ3n) is 4.09. The highest BCUT2D eigenvalue weighted by Gasteiger charge is 2.19. The number of carbonyl (C=O) groups excluding carboxylic acids is 1. The van der Waals surface area contributed by atoms with Crippen LogP contribution >= 0.6 is 0 Å². The van der Waals surface area contributed by atoms with E-state index in [0.717, 1.165) is 60.4 Å². The molecule has 0 saturated heterocycles. The number of methoxy groups -OCH3 is 1. The number of esters is 1. The van der Waals surface area contributed by atoms with Crippen molar-refractivity contribution in [3.63, 3.8) is 0 Å². The fourth-order valence-corrected chi connectivity index (χ4v) is 2.89. The number of carbonyl (C=O) groups is 1. The molecule has 3 rings (SSSR count). The van der Waals surface area contributed by atoms with Gasteiger partial charge in [-0.15, -0.1) is 0 Å². The van der Waals surface area contributed by atoms with E-state index >= 15 is 0 Å². The summed E-state index contributed by atoms with van der Waals surface area (Å²) in [6, 6.07) is 5.90. The van der Waals surface area contributed by atoms with Crippen molar-refractivity contribution in [3.05, 3.63) is 35.0 Å². The van der Waals surface area contributed by atoms with Gasteiger partial charge in [0.05, 0.1) is 12.7 Å². The van der Waals surface area contributed by atoms with E-state index in [1.54, 1.807) is 0 Å². The van der Waals surface area contributed by atoms with E-state index in [2.05, 4.69) is 5.32 Å². The molecule has 5 heteroatoms. The van der Waals surface area contributed by atoms with Crippen LogP contribution in [0.15, 0.2) is 29.5 Å². The molecule has 1 N–H and O–H groups in total. The number of fused-ring (bicyclic) bond motifs is 1. The third kappa shape index (κ3) is 3.18. The number of hydrogen-bond acceptors (Lipinski definition) is 5. The second-order valence-electron chi connectivity index (χ2n) is 5.55. The van der Waals surface area contributed by atoms with Crippen LogP contribution in [0.25, 0.3) is 0 Å². The van der Waals surface area contributed by atoms with Crippen LogP contribution in [0.2, 0.25) is 0 Å². The van der Waals surface area contributed by atoms with Gasteiger partial charge in [0.2, 0.25) is 6.79 Å². The second kappa shape index (κ2) is 6.73. The van der Waals surface area contributed by atoms with Gasteiger partial charge >= 0.3 is 5.97 Å². The summed E-state index contributed by atoms with van der Waals surface area (Å²) in [7, 11) is 1.44. The van der Waals surface area contributed by atoms with Gasteiger partial charge in [0, 0.05) is 12.2 Å². The highest BCUT2D eigenvalue weighted by Crippen LogP contribution is 2.32. The van der Waals surface area contributed by atoms with Crippen LogP contribution < -0.4 is 14.8 Å². The summed E-state index contributed by atoms with van der Waals surface area (Å²) < 4.78 is 15.6. The topological polar surface area (TPSA) is 56.8 Å². The molecule has 0 spiro atoms. The summed E-state index contributed by atoms with van der Waals surface area (Å²) in [5.74, 6) is 1.35. The third-order valence-corrected chi connectivity index (χ3v) is 4.09. The van der Waals surface area contributed by atoms with E-state index in [4.69, 9.17) is 14.2 Å². The smallest absolute Gasteiger partial charge is 0.335 e. The van der Waals surface area contributed by atoms with E-state index in [-0.39, 0.29) is 12.8 Å². The van der Waals surface area contributed by atoms with Crippen molar-refractivity contribution in [2.45, 2.75) is 38.6 Å². The molecule has 1 aliphatic carbocycles. The molecule has 1 aromatic carbocycles. The summed E-state index contributed by atoms with van der Waals surface area (Å²) in [4.78, 5) is 11.9. The summed E-state index contributed by atoms with van der Waals surface area (Å²) in [6.45, 7) is 0.941. The Morgan fingerprint density at radius 3 is 2.86 bits per heavy atom. The zero-order valence-electron chi connectivity index (χ0n) is 12.8. The zero-order chi connectivity index (χ0) is 15.4. The van der Waals surface area contributed by atoms with E-state index in [0.29, 0.717) is 6.54 Å². The van der Waals surface area contributed by atoms with Gasteiger partial charge in [-0.3, -0.25) is 0 Å². The summed E-state index contributed by atoms with van der Waals surface area (Å²) in [5.41, 5.74) is 2.91. The number of nitrogens with one attached hydrogen (secondary N) is 1. The van der Waals surface area contributed by atoms with Gasteiger partial charge in [-0.2, -0.15) is 0 Å². The lowest BCUT2D eigenvalue weighted by Crippen LogP contribution is -2.18. The lowest BCUT2D eigenvalue weighted by Gasteiger charge is -2.14. The van der Waals surface area contributed by atoms with E-state index in [9.17, 15) is 4.79 Å². The molecule has 0 amide bonds. The van der Waals surface area contributed by atoms with Crippen LogP contribution in [0.1, 0.15) is 37.7 Å². The van der Waals surface area contributed by atoms with Gasteiger partial charge < -0.3 is 19.5 Å². The normalized spacial score (nSPS) is 17.1. The maximum atomic E-state index is 11.9. The summed E-state index contributed by atoms with van der Waals surface area (Å²) in [5, 5.41) is 3.42. The fourth-order valence-electron chi connectivity index (χ4n) is 2.89.